The van der Waals surface area contributed by atoms with Gasteiger partial charge < -0.3 is 15.2 Å². The molecular weight excluding hydrogens is 474 g/mol. The van der Waals surface area contributed by atoms with Gasteiger partial charge in [-0.15, -0.1) is 0 Å². The summed E-state index contributed by atoms with van der Waals surface area (Å²) in [5, 5.41) is 16.0. The van der Waals surface area contributed by atoms with Crippen molar-refractivity contribution in [1.82, 2.24) is 14.9 Å². The molecule has 5 atom stereocenters. The molecule has 2 aromatic heterocycles. The van der Waals surface area contributed by atoms with E-state index in [4.69, 9.17) is 11.6 Å². The molecule has 36 heavy (non-hydrogen) atoms. The van der Waals surface area contributed by atoms with Gasteiger partial charge in [0.1, 0.15) is 17.6 Å². The number of fused-ring (bicyclic) bond motifs is 2. The number of hydrogen-bond donors (Lipinski definition) is 2. The van der Waals surface area contributed by atoms with Crippen LogP contribution in [0.3, 0.4) is 0 Å². The summed E-state index contributed by atoms with van der Waals surface area (Å²) in [5.41, 5.74) is 3.51. The molecule has 2 N–H and O–H groups in total. The number of anilines is 1. The highest BCUT2D eigenvalue weighted by Crippen LogP contribution is 2.49. The zero-order chi connectivity index (χ0) is 25.8. The lowest BCUT2D eigenvalue weighted by molar-refractivity contribution is -0.124. The standard InChI is InChI=1S/C28H34ClN5O2/c1-15-5-16-6-18(26(35)31-4)7-17(16)8-20(15)27(36)33-25-10-21(23(29)13-32-25)22-9-19(12-30)34-14-28(2,3)11-24(22)34/h9-10,13,15-18,20H,5-8,11,14H2,1-4H3,(H,31,35)(H,32,33,36)/t15-,16-,17-,18+,20+/m0/s1. The Kier molecular flexibility index (Phi) is 6.36. The summed E-state index contributed by atoms with van der Waals surface area (Å²) >= 11 is 6.58. The van der Waals surface area contributed by atoms with E-state index in [0.29, 0.717) is 28.4 Å². The third-order valence-corrected chi connectivity index (χ3v) is 8.97. The van der Waals surface area contributed by atoms with Crippen LogP contribution in [0.15, 0.2) is 18.3 Å². The average molecular weight is 508 g/mol. The second-order valence-electron chi connectivity index (χ2n) is 11.8. The van der Waals surface area contributed by atoms with E-state index < -0.39 is 0 Å². The first kappa shape index (κ1) is 24.8. The highest BCUT2D eigenvalue weighted by molar-refractivity contribution is 6.33. The Labute approximate surface area is 217 Å². The van der Waals surface area contributed by atoms with Crippen molar-refractivity contribution in [3.63, 3.8) is 0 Å². The Morgan fingerprint density at radius 1 is 1.14 bits per heavy atom. The van der Waals surface area contributed by atoms with Crippen LogP contribution in [0.5, 0.6) is 0 Å². The zero-order valence-electron chi connectivity index (χ0n) is 21.4. The third-order valence-electron chi connectivity index (χ3n) is 8.67. The predicted octanol–water partition coefficient (Wildman–Crippen LogP) is 5.03. The highest BCUT2D eigenvalue weighted by Gasteiger charge is 2.45. The number of nitriles is 1. The van der Waals surface area contributed by atoms with Crippen LogP contribution in [0.2, 0.25) is 5.02 Å². The number of carbonyl (C=O) groups excluding carboxylic acids is 2. The quantitative estimate of drug-likeness (QED) is 0.606. The van der Waals surface area contributed by atoms with Crippen molar-refractivity contribution in [2.45, 2.75) is 59.4 Å². The van der Waals surface area contributed by atoms with Crippen LogP contribution in [-0.2, 0) is 22.6 Å². The Morgan fingerprint density at radius 3 is 2.56 bits per heavy atom. The van der Waals surface area contributed by atoms with E-state index in [1.165, 1.54) is 0 Å². The number of aromatic nitrogens is 2. The predicted molar refractivity (Wildman–Crippen MR) is 139 cm³/mol. The molecule has 1 aliphatic heterocycles. The van der Waals surface area contributed by atoms with E-state index in [2.05, 4.69) is 47.0 Å². The molecule has 0 saturated heterocycles. The lowest BCUT2D eigenvalue weighted by Crippen LogP contribution is -2.36. The number of pyridine rings is 1. The summed E-state index contributed by atoms with van der Waals surface area (Å²) in [5.74, 6) is 1.69. The molecule has 7 nitrogen and oxygen atoms in total. The van der Waals surface area contributed by atoms with Crippen LogP contribution in [0.25, 0.3) is 11.1 Å². The number of nitrogens with zero attached hydrogens (tertiary/aromatic N) is 3. The normalized spacial score (nSPS) is 28.2. The molecule has 0 unspecified atom stereocenters. The summed E-state index contributed by atoms with van der Waals surface area (Å²) in [6.07, 6.45) is 5.99. The fourth-order valence-corrected chi connectivity index (χ4v) is 7.13. The smallest absolute Gasteiger partial charge is 0.228 e. The van der Waals surface area contributed by atoms with E-state index in [-0.39, 0.29) is 35.0 Å². The van der Waals surface area contributed by atoms with Crippen molar-refractivity contribution in [1.29, 1.82) is 5.26 Å². The number of nitrogens with one attached hydrogen (secondary N) is 2. The van der Waals surface area contributed by atoms with Crippen LogP contribution in [-0.4, -0.2) is 28.4 Å². The van der Waals surface area contributed by atoms with Gasteiger partial charge in [0.05, 0.1) is 5.02 Å². The topological polar surface area (TPSA) is 99.8 Å². The van der Waals surface area contributed by atoms with Gasteiger partial charge in [0, 0.05) is 48.4 Å². The molecular formula is C28H34ClN5O2. The average Bonchev–Trinajstić information content (AvgIpc) is 3.49. The van der Waals surface area contributed by atoms with Crippen molar-refractivity contribution >= 4 is 29.2 Å². The number of halogens is 1. The second-order valence-corrected chi connectivity index (χ2v) is 12.2. The Morgan fingerprint density at radius 2 is 1.86 bits per heavy atom. The maximum Gasteiger partial charge on any atom is 0.228 e. The van der Waals surface area contributed by atoms with Gasteiger partial charge in [-0.25, -0.2) is 4.98 Å². The molecule has 0 radical (unpaired) electrons. The zero-order valence-corrected chi connectivity index (χ0v) is 22.2. The van der Waals surface area contributed by atoms with Crippen molar-refractivity contribution in [3.8, 4) is 17.2 Å². The summed E-state index contributed by atoms with van der Waals surface area (Å²) in [7, 11) is 1.70. The summed E-state index contributed by atoms with van der Waals surface area (Å²) in [6, 6.07) is 6.03. The molecule has 0 aromatic carbocycles. The molecule has 2 amide bonds. The minimum atomic E-state index is -0.111. The molecule has 2 aromatic rings. The van der Waals surface area contributed by atoms with Crippen LogP contribution < -0.4 is 10.6 Å². The van der Waals surface area contributed by atoms with Gasteiger partial charge in [0.25, 0.3) is 0 Å². The molecule has 0 bridgehead atoms. The number of amides is 2. The minimum absolute atomic E-state index is 0.0222. The first-order chi connectivity index (χ1) is 17.1. The van der Waals surface area contributed by atoms with Gasteiger partial charge in [-0.2, -0.15) is 5.26 Å². The molecule has 8 heteroatoms. The first-order valence-corrected chi connectivity index (χ1v) is 13.3. The van der Waals surface area contributed by atoms with E-state index >= 15 is 0 Å². The SMILES string of the molecule is CNC(=O)[C@@H]1C[C@@H]2C[C@H](C)[C@H](C(=O)Nc3cc(-c4cc(C#N)n5c4CC(C)(C)C5)c(Cl)cn3)C[C@@H]2C1. The Hall–Kier alpha value is -2.85. The monoisotopic (exact) mass is 507 g/mol. The molecule has 3 aliphatic rings. The van der Waals surface area contributed by atoms with E-state index in [1.807, 2.05) is 12.1 Å². The van der Waals surface area contributed by atoms with Crippen LogP contribution in [0.1, 0.15) is 57.8 Å². The van der Waals surface area contributed by atoms with Gasteiger partial charge in [0.2, 0.25) is 11.8 Å². The number of carbonyl (C=O) groups is 2. The second kappa shape index (κ2) is 9.23. The van der Waals surface area contributed by atoms with Crippen LogP contribution in [0.4, 0.5) is 5.82 Å². The molecule has 2 fully saturated rings. The lowest BCUT2D eigenvalue weighted by Gasteiger charge is -2.36. The minimum Gasteiger partial charge on any atom is -0.359 e. The number of rotatable bonds is 4. The number of hydrogen-bond acceptors (Lipinski definition) is 4. The third kappa shape index (κ3) is 4.41. The van der Waals surface area contributed by atoms with Gasteiger partial charge >= 0.3 is 0 Å². The van der Waals surface area contributed by atoms with Crippen molar-refractivity contribution in [3.05, 3.63) is 34.7 Å². The molecule has 2 saturated carbocycles. The molecule has 2 aliphatic carbocycles. The summed E-state index contributed by atoms with van der Waals surface area (Å²) in [4.78, 5) is 30.0. The fraction of sp³-hybridized carbons (Fsp3) is 0.571. The van der Waals surface area contributed by atoms with Crippen molar-refractivity contribution in [2.24, 2.45) is 35.0 Å². The van der Waals surface area contributed by atoms with Crippen molar-refractivity contribution < 1.29 is 9.59 Å². The highest BCUT2D eigenvalue weighted by atomic mass is 35.5. The maximum absolute atomic E-state index is 13.4. The Balaban J connectivity index is 1.35. The molecule has 5 rings (SSSR count). The molecule has 190 valence electrons. The van der Waals surface area contributed by atoms with E-state index in [0.717, 1.165) is 55.5 Å². The van der Waals surface area contributed by atoms with Gasteiger partial charge in [-0.05, 0) is 67.4 Å². The van der Waals surface area contributed by atoms with E-state index in [1.54, 1.807) is 13.2 Å². The fourth-order valence-electron chi connectivity index (χ4n) is 6.93. The van der Waals surface area contributed by atoms with Crippen molar-refractivity contribution in [2.75, 3.05) is 12.4 Å². The maximum atomic E-state index is 13.4. The summed E-state index contributed by atoms with van der Waals surface area (Å²) in [6.45, 7) is 7.33. The molecule has 0 spiro atoms. The Bertz CT molecular complexity index is 1260. The summed E-state index contributed by atoms with van der Waals surface area (Å²) < 4.78 is 2.08. The van der Waals surface area contributed by atoms with E-state index in [9.17, 15) is 14.9 Å². The first-order valence-electron chi connectivity index (χ1n) is 12.9. The largest absolute Gasteiger partial charge is 0.359 e. The van der Waals surface area contributed by atoms with Gasteiger partial charge in [-0.3, -0.25) is 9.59 Å². The molecule has 3 heterocycles. The lowest BCUT2D eigenvalue weighted by atomic mass is 9.70. The van der Waals surface area contributed by atoms with Gasteiger partial charge in [0.15, 0.2) is 0 Å². The van der Waals surface area contributed by atoms with Crippen LogP contribution in [0, 0.1) is 46.3 Å². The van der Waals surface area contributed by atoms with Crippen LogP contribution >= 0.6 is 11.6 Å². The van der Waals surface area contributed by atoms with Gasteiger partial charge in [-0.1, -0.05) is 32.4 Å².